The van der Waals surface area contributed by atoms with Crippen LogP contribution >= 0.6 is 11.3 Å². The van der Waals surface area contributed by atoms with Crippen LogP contribution < -0.4 is 20.5 Å². The number of carbonyl (C=O) groups excluding carboxylic acids is 2. The maximum absolute atomic E-state index is 13.0. The number of rotatable bonds is 7. The molecule has 2 amide bonds. The normalized spacial score (nSPS) is 15.3. The Morgan fingerprint density at radius 1 is 1.15 bits per heavy atom. The lowest BCUT2D eigenvalue weighted by Crippen LogP contribution is -2.19. The molecule has 1 heterocycles. The average Bonchev–Trinajstić information content (AvgIpc) is 3.16. The number of hydrogen-bond donors (Lipinski definition) is 3. The Bertz CT molecular complexity index is 1350. The van der Waals surface area contributed by atoms with E-state index in [1.165, 1.54) is 36.6 Å². The SMILES string of the molecule is COc1ccc(S(=O)(=O)Nc2cccc(C(=O)Nc3sc4c(c3C(N)=O)CCC(C)C4)c2)cc1. The molecule has 8 nitrogen and oxygen atoms in total. The number of ether oxygens (including phenoxy) is 1. The number of hydrogen-bond acceptors (Lipinski definition) is 6. The zero-order chi connectivity index (χ0) is 24.5. The van der Waals surface area contributed by atoms with Crippen molar-refractivity contribution in [1.82, 2.24) is 0 Å². The highest BCUT2D eigenvalue weighted by Gasteiger charge is 2.27. The molecule has 4 N–H and O–H groups in total. The van der Waals surface area contributed by atoms with Crippen LogP contribution in [0.25, 0.3) is 0 Å². The molecule has 178 valence electrons. The molecular weight excluding hydrogens is 474 g/mol. The van der Waals surface area contributed by atoms with E-state index in [-0.39, 0.29) is 16.1 Å². The van der Waals surface area contributed by atoms with Crippen LogP contribution in [-0.2, 0) is 22.9 Å². The van der Waals surface area contributed by atoms with E-state index in [1.54, 1.807) is 30.3 Å². The molecule has 1 aliphatic carbocycles. The maximum atomic E-state index is 13.0. The van der Waals surface area contributed by atoms with Crippen molar-refractivity contribution in [3.63, 3.8) is 0 Å². The van der Waals surface area contributed by atoms with Gasteiger partial charge in [0.15, 0.2) is 0 Å². The van der Waals surface area contributed by atoms with Crippen LogP contribution in [0, 0.1) is 5.92 Å². The van der Waals surface area contributed by atoms with Gasteiger partial charge < -0.3 is 15.8 Å². The average molecular weight is 500 g/mol. The molecule has 1 unspecified atom stereocenters. The number of amides is 2. The molecule has 0 aliphatic heterocycles. The van der Waals surface area contributed by atoms with Crippen molar-refractivity contribution in [2.24, 2.45) is 11.7 Å². The third-order valence-electron chi connectivity index (χ3n) is 5.73. The van der Waals surface area contributed by atoms with Gasteiger partial charge in [0, 0.05) is 16.1 Å². The molecule has 0 bridgehead atoms. The number of primary amides is 1. The monoisotopic (exact) mass is 499 g/mol. The van der Waals surface area contributed by atoms with Gasteiger partial charge in [0.25, 0.3) is 21.8 Å². The van der Waals surface area contributed by atoms with Gasteiger partial charge >= 0.3 is 0 Å². The summed E-state index contributed by atoms with van der Waals surface area (Å²) in [6.07, 6.45) is 2.57. The van der Waals surface area contributed by atoms with Crippen LogP contribution in [0.4, 0.5) is 10.7 Å². The van der Waals surface area contributed by atoms with Crippen LogP contribution in [-0.4, -0.2) is 27.3 Å². The Balaban J connectivity index is 1.55. The first-order valence-corrected chi connectivity index (χ1v) is 13.0. The fourth-order valence-electron chi connectivity index (χ4n) is 3.97. The lowest BCUT2D eigenvalue weighted by molar-refractivity contribution is 0.1000. The minimum atomic E-state index is -3.86. The first kappa shape index (κ1) is 23.8. The van der Waals surface area contributed by atoms with Gasteiger partial charge in [0.05, 0.1) is 17.6 Å². The summed E-state index contributed by atoms with van der Waals surface area (Å²) >= 11 is 1.38. The zero-order valence-corrected chi connectivity index (χ0v) is 20.4. The predicted octanol–water partition coefficient (Wildman–Crippen LogP) is 4.03. The van der Waals surface area contributed by atoms with E-state index in [4.69, 9.17) is 10.5 Å². The summed E-state index contributed by atoms with van der Waals surface area (Å²) in [6.45, 7) is 2.16. The van der Waals surface area contributed by atoms with Gasteiger partial charge in [-0.2, -0.15) is 0 Å². The number of benzene rings is 2. The van der Waals surface area contributed by atoms with Gasteiger partial charge in [0.1, 0.15) is 10.8 Å². The smallest absolute Gasteiger partial charge is 0.261 e. The van der Waals surface area contributed by atoms with Crippen LogP contribution in [0.15, 0.2) is 53.4 Å². The number of anilines is 2. The van der Waals surface area contributed by atoms with Gasteiger partial charge in [-0.3, -0.25) is 14.3 Å². The highest BCUT2D eigenvalue weighted by Crippen LogP contribution is 2.39. The Labute approximate surface area is 202 Å². The van der Waals surface area contributed by atoms with Crippen LogP contribution in [0.3, 0.4) is 0 Å². The van der Waals surface area contributed by atoms with Crippen LogP contribution in [0.1, 0.15) is 44.5 Å². The Hall–Kier alpha value is -3.37. The summed E-state index contributed by atoms with van der Waals surface area (Å²) in [5.41, 5.74) is 7.40. The Morgan fingerprint density at radius 2 is 1.88 bits per heavy atom. The molecule has 0 saturated heterocycles. The van der Waals surface area contributed by atoms with Crippen LogP contribution in [0.5, 0.6) is 5.75 Å². The molecule has 0 spiro atoms. The predicted molar refractivity (Wildman–Crippen MR) is 132 cm³/mol. The highest BCUT2D eigenvalue weighted by atomic mass is 32.2. The third kappa shape index (κ3) is 4.92. The second-order valence-electron chi connectivity index (χ2n) is 8.24. The van der Waals surface area contributed by atoms with Gasteiger partial charge in [0.2, 0.25) is 0 Å². The van der Waals surface area contributed by atoms with E-state index in [1.807, 2.05) is 0 Å². The summed E-state index contributed by atoms with van der Waals surface area (Å²) < 4.78 is 33.0. The second-order valence-corrected chi connectivity index (χ2v) is 11.0. The zero-order valence-electron chi connectivity index (χ0n) is 18.8. The van der Waals surface area contributed by atoms with E-state index < -0.39 is 21.8 Å². The van der Waals surface area contributed by atoms with Crippen molar-refractivity contribution in [3.05, 3.63) is 70.1 Å². The largest absolute Gasteiger partial charge is 0.497 e. The van der Waals surface area contributed by atoms with Crippen molar-refractivity contribution in [1.29, 1.82) is 0 Å². The molecule has 1 atom stereocenters. The fraction of sp³-hybridized carbons (Fsp3) is 0.250. The molecule has 4 rings (SSSR count). The van der Waals surface area contributed by atoms with E-state index >= 15 is 0 Å². The quantitative estimate of drug-likeness (QED) is 0.452. The van der Waals surface area contributed by atoms with E-state index in [0.29, 0.717) is 22.2 Å². The van der Waals surface area contributed by atoms with Crippen molar-refractivity contribution < 1.29 is 22.7 Å². The van der Waals surface area contributed by atoms with Crippen molar-refractivity contribution in [3.8, 4) is 5.75 Å². The number of nitrogens with two attached hydrogens (primary N) is 1. The molecule has 0 radical (unpaired) electrons. The van der Waals surface area contributed by atoms with Crippen molar-refractivity contribution >= 4 is 43.9 Å². The molecule has 2 aromatic carbocycles. The van der Waals surface area contributed by atoms with Crippen molar-refractivity contribution in [2.75, 3.05) is 17.1 Å². The van der Waals surface area contributed by atoms with Gasteiger partial charge in [-0.15, -0.1) is 11.3 Å². The fourth-order valence-corrected chi connectivity index (χ4v) is 6.43. The van der Waals surface area contributed by atoms with Gasteiger partial charge in [-0.05, 0) is 73.2 Å². The molecular formula is C24H25N3O5S2. The first-order chi connectivity index (χ1) is 16.2. The first-order valence-electron chi connectivity index (χ1n) is 10.7. The lowest BCUT2D eigenvalue weighted by atomic mass is 9.88. The number of sulfonamides is 1. The van der Waals surface area contributed by atoms with E-state index in [9.17, 15) is 18.0 Å². The molecule has 0 fully saturated rings. The maximum Gasteiger partial charge on any atom is 0.261 e. The summed E-state index contributed by atoms with van der Waals surface area (Å²) in [5.74, 6) is 0.0199. The molecule has 34 heavy (non-hydrogen) atoms. The number of fused-ring (bicyclic) bond motifs is 1. The third-order valence-corrected chi connectivity index (χ3v) is 8.30. The minimum absolute atomic E-state index is 0.0626. The number of thiophene rings is 1. The van der Waals surface area contributed by atoms with Gasteiger partial charge in [-0.25, -0.2) is 8.42 Å². The van der Waals surface area contributed by atoms with Crippen LogP contribution in [0.2, 0.25) is 0 Å². The summed E-state index contributed by atoms with van der Waals surface area (Å²) in [6, 6.07) is 12.1. The Kier molecular flexibility index (Phi) is 6.63. The molecule has 0 saturated carbocycles. The second kappa shape index (κ2) is 9.47. The standard InChI is InChI=1S/C24H25N3O5S2/c1-14-6-11-19-20(12-14)33-24(21(19)22(25)28)26-23(29)15-4-3-5-16(13-15)27-34(30,31)18-9-7-17(32-2)8-10-18/h3-5,7-10,13-14,27H,6,11-12H2,1-2H3,(H2,25,28)(H,26,29). The highest BCUT2D eigenvalue weighted by molar-refractivity contribution is 7.92. The minimum Gasteiger partial charge on any atom is -0.497 e. The Morgan fingerprint density at radius 3 is 2.56 bits per heavy atom. The molecule has 10 heteroatoms. The molecule has 3 aromatic rings. The number of methoxy groups -OCH3 is 1. The number of carbonyl (C=O) groups is 2. The van der Waals surface area contributed by atoms with Gasteiger partial charge in [-0.1, -0.05) is 13.0 Å². The summed E-state index contributed by atoms with van der Waals surface area (Å²) in [5, 5.41) is 3.23. The van der Waals surface area contributed by atoms with E-state index in [2.05, 4.69) is 17.0 Å². The molecule has 1 aromatic heterocycles. The van der Waals surface area contributed by atoms with Crippen molar-refractivity contribution in [2.45, 2.75) is 31.1 Å². The number of nitrogens with one attached hydrogen (secondary N) is 2. The lowest BCUT2D eigenvalue weighted by Gasteiger charge is -2.18. The van der Waals surface area contributed by atoms with E-state index in [0.717, 1.165) is 29.7 Å². The summed E-state index contributed by atoms with van der Waals surface area (Å²) in [7, 11) is -2.36. The summed E-state index contributed by atoms with van der Waals surface area (Å²) in [4.78, 5) is 26.2. The topological polar surface area (TPSA) is 128 Å². The molecule has 1 aliphatic rings.